The average Bonchev–Trinajstić information content (AvgIpc) is 2.79. The summed E-state index contributed by atoms with van der Waals surface area (Å²) in [5.74, 6) is 3.16. The number of nitrogens with one attached hydrogen (secondary N) is 1. The maximum atomic E-state index is 5.27. The van der Waals surface area contributed by atoms with E-state index in [1.807, 2.05) is 11.8 Å². The van der Waals surface area contributed by atoms with Crippen LogP contribution in [0.2, 0.25) is 0 Å². The lowest BCUT2D eigenvalue weighted by molar-refractivity contribution is 1.02. The molecule has 0 aromatic carbocycles. The molecule has 0 bridgehead atoms. The second-order valence-electron chi connectivity index (χ2n) is 3.41. The summed E-state index contributed by atoms with van der Waals surface area (Å²) in [4.78, 5) is 15.9. The molecule has 0 radical (unpaired) electrons. The summed E-state index contributed by atoms with van der Waals surface area (Å²) in [6.45, 7) is 0. The highest BCUT2D eigenvalue weighted by Crippen LogP contribution is 2.29. The van der Waals surface area contributed by atoms with E-state index in [4.69, 9.17) is 12.2 Å². The third kappa shape index (κ3) is 1.64. The Hall–Kier alpha value is -1.27. The van der Waals surface area contributed by atoms with Crippen LogP contribution in [0.1, 0.15) is 11.3 Å². The molecular weight excluding hydrogens is 240 g/mol. The summed E-state index contributed by atoms with van der Waals surface area (Å²) in [7, 11) is 0. The molecule has 6 heteroatoms. The summed E-state index contributed by atoms with van der Waals surface area (Å²) in [5, 5.41) is 0. The summed E-state index contributed by atoms with van der Waals surface area (Å²) in [6.07, 6.45) is 3.39. The zero-order valence-corrected chi connectivity index (χ0v) is 9.94. The predicted molar refractivity (Wildman–Crippen MR) is 65.4 cm³/mol. The van der Waals surface area contributed by atoms with Crippen molar-refractivity contribution in [3.63, 3.8) is 0 Å². The molecule has 4 nitrogen and oxygen atoms in total. The molecule has 0 amide bonds. The van der Waals surface area contributed by atoms with Crippen molar-refractivity contribution < 1.29 is 0 Å². The number of thioether (sulfide) groups is 1. The van der Waals surface area contributed by atoms with Crippen molar-refractivity contribution in [2.24, 2.45) is 0 Å². The molecule has 1 aliphatic heterocycles. The maximum absolute atomic E-state index is 5.27. The topological polar surface area (TPSA) is 54.5 Å². The van der Waals surface area contributed by atoms with Gasteiger partial charge in [0, 0.05) is 35.2 Å². The van der Waals surface area contributed by atoms with Gasteiger partial charge in [0.15, 0.2) is 11.6 Å². The molecule has 3 heterocycles. The molecule has 0 atom stereocenters. The van der Waals surface area contributed by atoms with Crippen LogP contribution >= 0.6 is 24.0 Å². The molecule has 2 aromatic rings. The number of fused-ring (bicyclic) bond motifs is 1. The number of hydrogen-bond donors (Lipinski definition) is 1. The summed E-state index contributed by atoms with van der Waals surface area (Å²) in [5.41, 5.74) is 2.31. The average molecular weight is 248 g/mol. The van der Waals surface area contributed by atoms with Crippen LogP contribution in [0, 0.1) is 4.64 Å². The molecular formula is C10H8N4S2. The van der Waals surface area contributed by atoms with E-state index in [0.29, 0.717) is 16.3 Å². The van der Waals surface area contributed by atoms with Crippen LogP contribution < -0.4 is 0 Å². The van der Waals surface area contributed by atoms with Crippen molar-refractivity contribution in [1.29, 1.82) is 0 Å². The molecule has 80 valence electrons. The monoisotopic (exact) mass is 248 g/mol. The highest BCUT2D eigenvalue weighted by atomic mass is 32.2. The first-order valence-corrected chi connectivity index (χ1v) is 6.38. The number of nitrogens with zero attached hydrogens (tertiary/aromatic N) is 3. The van der Waals surface area contributed by atoms with E-state index in [9.17, 15) is 0 Å². The largest absolute Gasteiger partial charge is 0.339 e. The lowest BCUT2D eigenvalue weighted by Crippen LogP contribution is -1.99. The minimum absolute atomic E-state index is 0.591. The van der Waals surface area contributed by atoms with E-state index in [0.717, 1.165) is 22.8 Å². The quantitative estimate of drug-likeness (QED) is 0.785. The number of aromatic nitrogens is 4. The standard InChI is InChI=1S/C10H8N4S2/c15-10-6-4-16-5-7(6)13-9(14-10)8-11-2-1-3-12-8/h1-3H,4-5H2,(H,13,14,15). The molecule has 0 unspecified atom stereocenters. The van der Waals surface area contributed by atoms with Gasteiger partial charge in [-0.2, -0.15) is 11.8 Å². The minimum atomic E-state index is 0.591. The second-order valence-corrected chi connectivity index (χ2v) is 4.79. The Balaban J connectivity index is 2.17. The molecule has 16 heavy (non-hydrogen) atoms. The zero-order valence-electron chi connectivity index (χ0n) is 8.30. The Morgan fingerprint density at radius 2 is 2.06 bits per heavy atom. The van der Waals surface area contributed by atoms with Gasteiger partial charge in [0.1, 0.15) is 4.64 Å². The first-order chi connectivity index (χ1) is 7.84. The second kappa shape index (κ2) is 3.95. The predicted octanol–water partition coefficient (Wildman–Crippen LogP) is 2.34. The van der Waals surface area contributed by atoms with Crippen LogP contribution in [0.15, 0.2) is 18.5 Å². The lowest BCUT2D eigenvalue weighted by atomic mass is 10.3. The Morgan fingerprint density at radius 1 is 1.25 bits per heavy atom. The van der Waals surface area contributed by atoms with Gasteiger partial charge >= 0.3 is 0 Å². The molecule has 0 saturated carbocycles. The molecule has 1 aliphatic rings. The number of aromatic amines is 1. The van der Waals surface area contributed by atoms with Crippen molar-refractivity contribution in [1.82, 2.24) is 19.9 Å². The molecule has 2 aromatic heterocycles. The summed E-state index contributed by atoms with van der Waals surface area (Å²) < 4.78 is 0.668. The first-order valence-electron chi connectivity index (χ1n) is 4.82. The summed E-state index contributed by atoms with van der Waals surface area (Å²) in [6, 6.07) is 1.78. The van der Waals surface area contributed by atoms with Gasteiger partial charge in [0.05, 0.1) is 0 Å². The molecule has 0 fully saturated rings. The lowest BCUT2D eigenvalue weighted by Gasteiger charge is -2.03. The van der Waals surface area contributed by atoms with Crippen molar-refractivity contribution in [3.05, 3.63) is 34.4 Å². The summed E-state index contributed by atoms with van der Waals surface area (Å²) >= 11 is 7.11. The van der Waals surface area contributed by atoms with E-state index < -0.39 is 0 Å². The van der Waals surface area contributed by atoms with Gasteiger partial charge in [0.25, 0.3) is 0 Å². The minimum Gasteiger partial charge on any atom is -0.339 e. The van der Waals surface area contributed by atoms with Gasteiger partial charge in [-0.1, -0.05) is 12.2 Å². The van der Waals surface area contributed by atoms with E-state index in [1.165, 1.54) is 0 Å². The van der Waals surface area contributed by atoms with Crippen molar-refractivity contribution in [2.45, 2.75) is 11.5 Å². The number of hydrogen-bond acceptors (Lipinski definition) is 5. The molecule has 0 aliphatic carbocycles. The molecule has 0 saturated heterocycles. The van der Waals surface area contributed by atoms with Gasteiger partial charge in [-0.25, -0.2) is 15.0 Å². The van der Waals surface area contributed by atoms with Crippen LogP contribution in [0.5, 0.6) is 0 Å². The van der Waals surface area contributed by atoms with Crippen LogP contribution in [-0.4, -0.2) is 19.9 Å². The van der Waals surface area contributed by atoms with Gasteiger partial charge in [0.2, 0.25) is 0 Å². The molecule has 0 spiro atoms. The number of H-pyrrole nitrogens is 1. The van der Waals surface area contributed by atoms with E-state index in [1.54, 1.807) is 18.5 Å². The van der Waals surface area contributed by atoms with Crippen LogP contribution in [0.25, 0.3) is 11.6 Å². The highest BCUT2D eigenvalue weighted by molar-refractivity contribution is 7.98. The highest BCUT2D eigenvalue weighted by Gasteiger charge is 2.16. The fourth-order valence-corrected chi connectivity index (χ4v) is 3.04. The number of rotatable bonds is 1. The Kier molecular flexibility index (Phi) is 2.45. The van der Waals surface area contributed by atoms with Gasteiger partial charge in [-0.3, -0.25) is 0 Å². The third-order valence-corrected chi connectivity index (χ3v) is 3.70. The fraction of sp³-hybridized carbons (Fsp3) is 0.200. The first kappa shape index (κ1) is 9.92. The van der Waals surface area contributed by atoms with E-state index in [-0.39, 0.29) is 0 Å². The maximum Gasteiger partial charge on any atom is 0.195 e. The molecule has 1 N–H and O–H groups in total. The smallest absolute Gasteiger partial charge is 0.195 e. The van der Waals surface area contributed by atoms with Crippen LogP contribution in [0.4, 0.5) is 0 Å². The van der Waals surface area contributed by atoms with Gasteiger partial charge in [-0.15, -0.1) is 0 Å². The van der Waals surface area contributed by atoms with E-state index in [2.05, 4.69) is 19.9 Å². The van der Waals surface area contributed by atoms with Crippen molar-refractivity contribution in [2.75, 3.05) is 0 Å². The molecule has 3 rings (SSSR count). The zero-order chi connectivity index (χ0) is 11.0. The fourth-order valence-electron chi connectivity index (χ4n) is 1.60. The normalized spacial score (nSPS) is 13.8. The van der Waals surface area contributed by atoms with Gasteiger partial charge < -0.3 is 4.98 Å². The van der Waals surface area contributed by atoms with Crippen LogP contribution in [0.3, 0.4) is 0 Å². The third-order valence-electron chi connectivity index (χ3n) is 2.38. The Bertz CT molecular complexity index is 579. The van der Waals surface area contributed by atoms with Crippen LogP contribution in [-0.2, 0) is 11.5 Å². The van der Waals surface area contributed by atoms with E-state index >= 15 is 0 Å². The SMILES string of the molecule is S=c1nc(-c2ncccn2)[nH]c2c1CSC2. The Labute approximate surface area is 102 Å². The Morgan fingerprint density at radius 3 is 2.88 bits per heavy atom. The van der Waals surface area contributed by atoms with Crippen molar-refractivity contribution in [3.8, 4) is 11.6 Å². The van der Waals surface area contributed by atoms with Crippen molar-refractivity contribution >= 4 is 24.0 Å². The van der Waals surface area contributed by atoms with Gasteiger partial charge in [-0.05, 0) is 6.07 Å².